The first-order valence-corrected chi connectivity index (χ1v) is 6.80. The van der Waals surface area contributed by atoms with E-state index in [1.807, 2.05) is 13.1 Å². The van der Waals surface area contributed by atoms with E-state index < -0.39 is 0 Å². The monoisotopic (exact) mass is 270 g/mol. The lowest BCUT2D eigenvalue weighted by molar-refractivity contribution is 0.401. The number of hydrogen-bond acceptors (Lipinski definition) is 4. The Bertz CT molecular complexity index is 368. The van der Waals surface area contributed by atoms with Crippen molar-refractivity contribution in [2.24, 2.45) is 0 Å². The van der Waals surface area contributed by atoms with Gasteiger partial charge >= 0.3 is 0 Å². The molecule has 1 aromatic heterocycles. The summed E-state index contributed by atoms with van der Waals surface area (Å²) in [6.07, 6.45) is 3.01. The maximum absolute atomic E-state index is 6.03. The minimum Gasteiger partial charge on any atom is -0.359 e. The molecule has 0 radical (unpaired) electrons. The molecular weight excluding hydrogens is 248 g/mol. The van der Waals surface area contributed by atoms with Crippen molar-refractivity contribution in [2.45, 2.75) is 26.2 Å². The summed E-state index contributed by atoms with van der Waals surface area (Å²) in [5, 5.41) is 0.530. The second-order valence-corrected chi connectivity index (χ2v) is 5.18. The van der Waals surface area contributed by atoms with Gasteiger partial charge in [-0.3, -0.25) is 0 Å². The van der Waals surface area contributed by atoms with Gasteiger partial charge in [0.25, 0.3) is 0 Å². The van der Waals surface area contributed by atoms with Crippen molar-refractivity contribution in [3.63, 3.8) is 0 Å². The average Bonchev–Trinajstić information content (AvgIpc) is 2.28. The number of aryl methyl sites for hydroxylation is 1. The van der Waals surface area contributed by atoms with Crippen LogP contribution in [0.25, 0.3) is 0 Å². The molecule has 1 rings (SSSR count). The molecule has 0 saturated carbocycles. The molecule has 1 aromatic rings. The van der Waals surface area contributed by atoms with Gasteiger partial charge in [0, 0.05) is 26.1 Å². The largest absolute Gasteiger partial charge is 0.359 e. The third-order valence-corrected chi connectivity index (χ3v) is 2.88. The summed E-state index contributed by atoms with van der Waals surface area (Å²) >= 11 is 6.03. The third kappa shape index (κ3) is 5.19. The molecule has 0 aromatic carbocycles. The Morgan fingerprint density at radius 2 is 1.89 bits per heavy atom. The van der Waals surface area contributed by atoms with Gasteiger partial charge in [-0.15, -0.1) is 0 Å². The Morgan fingerprint density at radius 3 is 2.50 bits per heavy atom. The van der Waals surface area contributed by atoms with Crippen molar-refractivity contribution in [2.75, 3.05) is 39.1 Å². The van der Waals surface area contributed by atoms with E-state index in [1.54, 1.807) is 0 Å². The van der Waals surface area contributed by atoms with Crippen LogP contribution in [0.3, 0.4) is 0 Å². The minimum atomic E-state index is 0.530. The van der Waals surface area contributed by atoms with Crippen LogP contribution in [-0.2, 0) is 6.42 Å². The highest BCUT2D eigenvalue weighted by atomic mass is 35.5. The van der Waals surface area contributed by atoms with Gasteiger partial charge in [-0.25, -0.2) is 9.97 Å². The van der Waals surface area contributed by atoms with Crippen LogP contribution < -0.4 is 4.90 Å². The van der Waals surface area contributed by atoms with E-state index in [0.717, 1.165) is 44.0 Å². The fourth-order valence-electron chi connectivity index (χ4n) is 1.72. The Hall–Kier alpha value is -0.870. The number of rotatable bonds is 7. The number of anilines is 1. The minimum absolute atomic E-state index is 0.530. The summed E-state index contributed by atoms with van der Waals surface area (Å²) < 4.78 is 0. The average molecular weight is 271 g/mol. The van der Waals surface area contributed by atoms with Gasteiger partial charge in [0.05, 0.1) is 0 Å². The fourth-order valence-corrected chi connectivity index (χ4v) is 1.92. The third-order valence-electron chi connectivity index (χ3n) is 2.69. The van der Waals surface area contributed by atoms with Crippen molar-refractivity contribution < 1.29 is 0 Å². The zero-order valence-corrected chi connectivity index (χ0v) is 12.5. The molecular formula is C13H23ClN4. The van der Waals surface area contributed by atoms with E-state index in [4.69, 9.17) is 11.6 Å². The molecule has 0 atom stereocenters. The maximum atomic E-state index is 6.03. The fraction of sp³-hybridized carbons (Fsp3) is 0.692. The zero-order valence-electron chi connectivity index (χ0n) is 11.8. The molecule has 18 heavy (non-hydrogen) atoms. The summed E-state index contributed by atoms with van der Waals surface area (Å²) in [4.78, 5) is 13.1. The van der Waals surface area contributed by atoms with Crippen molar-refractivity contribution in [3.05, 3.63) is 17.0 Å². The Labute approximate surface area is 115 Å². The molecule has 0 aliphatic carbocycles. The molecule has 0 N–H and O–H groups in total. The molecule has 0 saturated heterocycles. The van der Waals surface area contributed by atoms with Gasteiger partial charge in [0.2, 0.25) is 0 Å². The van der Waals surface area contributed by atoms with Gasteiger partial charge in [-0.1, -0.05) is 18.5 Å². The van der Waals surface area contributed by atoms with E-state index in [-0.39, 0.29) is 0 Å². The zero-order chi connectivity index (χ0) is 13.5. The van der Waals surface area contributed by atoms with Crippen LogP contribution in [0, 0.1) is 0 Å². The van der Waals surface area contributed by atoms with Crippen molar-refractivity contribution in [3.8, 4) is 0 Å². The second-order valence-electron chi connectivity index (χ2n) is 4.79. The smallest absolute Gasteiger partial charge is 0.134 e. The molecule has 0 unspecified atom stereocenters. The van der Waals surface area contributed by atoms with Gasteiger partial charge in [0.15, 0.2) is 0 Å². The lowest BCUT2D eigenvalue weighted by atomic mass is 10.3. The standard InChI is InChI=1S/C13H23ClN4/c1-5-7-12-15-11(14)10-13(16-12)18(4)9-6-8-17(2)3/h10H,5-9H2,1-4H3. The first-order chi connectivity index (χ1) is 8.52. The number of aromatic nitrogens is 2. The van der Waals surface area contributed by atoms with Gasteiger partial charge in [-0.05, 0) is 33.5 Å². The van der Waals surface area contributed by atoms with E-state index in [1.165, 1.54) is 0 Å². The highest BCUT2D eigenvalue weighted by molar-refractivity contribution is 6.29. The summed E-state index contributed by atoms with van der Waals surface area (Å²) in [6, 6.07) is 1.83. The van der Waals surface area contributed by atoms with E-state index in [2.05, 4.69) is 40.8 Å². The first kappa shape index (κ1) is 15.2. The Kier molecular flexibility index (Phi) is 6.36. The van der Waals surface area contributed by atoms with Crippen LogP contribution in [0.5, 0.6) is 0 Å². The number of halogens is 1. The molecule has 0 aliphatic rings. The summed E-state index contributed by atoms with van der Waals surface area (Å²) in [5.74, 6) is 1.75. The summed E-state index contributed by atoms with van der Waals surface area (Å²) in [6.45, 7) is 4.16. The molecule has 102 valence electrons. The molecule has 0 bridgehead atoms. The molecule has 5 heteroatoms. The normalized spacial score (nSPS) is 11.0. The summed E-state index contributed by atoms with van der Waals surface area (Å²) in [5.41, 5.74) is 0. The van der Waals surface area contributed by atoms with Gasteiger partial charge < -0.3 is 9.80 Å². The van der Waals surface area contributed by atoms with Crippen molar-refractivity contribution >= 4 is 17.4 Å². The van der Waals surface area contributed by atoms with Crippen LogP contribution in [0.1, 0.15) is 25.6 Å². The predicted molar refractivity (Wildman–Crippen MR) is 77.5 cm³/mol. The predicted octanol–water partition coefficient (Wildman–Crippen LogP) is 2.47. The number of nitrogens with zero attached hydrogens (tertiary/aromatic N) is 4. The highest BCUT2D eigenvalue weighted by Crippen LogP contribution is 2.16. The second kappa shape index (κ2) is 7.54. The van der Waals surface area contributed by atoms with Crippen LogP contribution in [0.15, 0.2) is 6.07 Å². The van der Waals surface area contributed by atoms with E-state index >= 15 is 0 Å². The lowest BCUT2D eigenvalue weighted by Crippen LogP contribution is -2.24. The topological polar surface area (TPSA) is 32.3 Å². The van der Waals surface area contributed by atoms with E-state index in [0.29, 0.717) is 5.15 Å². The van der Waals surface area contributed by atoms with Crippen molar-refractivity contribution in [1.29, 1.82) is 0 Å². The molecule has 4 nitrogen and oxygen atoms in total. The Morgan fingerprint density at radius 1 is 1.17 bits per heavy atom. The van der Waals surface area contributed by atoms with Crippen molar-refractivity contribution in [1.82, 2.24) is 14.9 Å². The molecule has 0 aliphatic heterocycles. The maximum Gasteiger partial charge on any atom is 0.134 e. The van der Waals surface area contributed by atoms with Gasteiger partial charge in [-0.2, -0.15) is 0 Å². The Balaban J connectivity index is 2.63. The first-order valence-electron chi connectivity index (χ1n) is 6.42. The van der Waals surface area contributed by atoms with Gasteiger partial charge in [0.1, 0.15) is 16.8 Å². The molecule has 0 fully saturated rings. The molecule has 1 heterocycles. The highest BCUT2D eigenvalue weighted by Gasteiger charge is 2.07. The van der Waals surface area contributed by atoms with Crippen LogP contribution in [0.4, 0.5) is 5.82 Å². The molecule has 0 spiro atoms. The van der Waals surface area contributed by atoms with Crippen LogP contribution in [0.2, 0.25) is 5.15 Å². The van der Waals surface area contributed by atoms with Crippen LogP contribution >= 0.6 is 11.6 Å². The molecule has 0 amide bonds. The number of hydrogen-bond donors (Lipinski definition) is 0. The van der Waals surface area contributed by atoms with Crippen LogP contribution in [-0.4, -0.2) is 49.1 Å². The quantitative estimate of drug-likeness (QED) is 0.713. The lowest BCUT2D eigenvalue weighted by Gasteiger charge is -2.20. The van der Waals surface area contributed by atoms with E-state index in [9.17, 15) is 0 Å². The SMILES string of the molecule is CCCc1nc(Cl)cc(N(C)CCCN(C)C)n1. The summed E-state index contributed by atoms with van der Waals surface area (Å²) in [7, 11) is 6.21.